The molecule has 0 spiro atoms. The van der Waals surface area contributed by atoms with Crippen molar-refractivity contribution in [2.45, 2.75) is 33.4 Å². The molecule has 0 N–H and O–H groups in total. The lowest BCUT2D eigenvalue weighted by Crippen LogP contribution is -2.25. The van der Waals surface area contributed by atoms with E-state index < -0.39 is 0 Å². The Bertz CT molecular complexity index is 1130. The Balaban J connectivity index is 1.55. The Kier molecular flexibility index (Phi) is 5.83. The van der Waals surface area contributed by atoms with E-state index in [1.807, 2.05) is 55.5 Å². The van der Waals surface area contributed by atoms with Gasteiger partial charge in [-0.3, -0.25) is 4.90 Å². The molecule has 0 saturated carbocycles. The summed E-state index contributed by atoms with van der Waals surface area (Å²) in [6.07, 6.45) is 1.01. The van der Waals surface area contributed by atoms with E-state index in [0.717, 1.165) is 41.0 Å². The van der Waals surface area contributed by atoms with E-state index in [1.54, 1.807) is 0 Å². The van der Waals surface area contributed by atoms with Crippen LogP contribution in [-0.2, 0) is 13.1 Å². The molecule has 6 nitrogen and oxygen atoms in total. The van der Waals surface area contributed by atoms with Gasteiger partial charge in [-0.1, -0.05) is 42.8 Å². The molecule has 0 radical (unpaired) electrons. The van der Waals surface area contributed by atoms with Crippen molar-refractivity contribution in [3.05, 3.63) is 70.8 Å². The molecule has 0 aliphatic heterocycles. The van der Waals surface area contributed by atoms with Crippen LogP contribution < -0.4 is 0 Å². The third-order valence-corrected chi connectivity index (χ3v) is 5.02. The first-order valence-electron chi connectivity index (χ1n) is 9.66. The van der Waals surface area contributed by atoms with Gasteiger partial charge in [-0.15, -0.1) is 10.2 Å². The largest absolute Gasteiger partial charge is 0.419 e. The zero-order valence-electron chi connectivity index (χ0n) is 16.5. The number of aromatic nitrogens is 4. The summed E-state index contributed by atoms with van der Waals surface area (Å²) >= 11 is 6.24. The highest BCUT2D eigenvalue weighted by molar-refractivity contribution is 6.33. The van der Waals surface area contributed by atoms with E-state index in [-0.39, 0.29) is 0 Å². The Morgan fingerprint density at radius 3 is 2.41 bits per heavy atom. The molecule has 148 valence electrons. The molecule has 0 unspecified atom stereocenters. The van der Waals surface area contributed by atoms with Gasteiger partial charge in [-0.05, 0) is 44.2 Å². The molecule has 2 aromatic heterocycles. The van der Waals surface area contributed by atoms with E-state index in [1.165, 1.54) is 0 Å². The molecule has 0 amide bonds. The van der Waals surface area contributed by atoms with Gasteiger partial charge in [0.1, 0.15) is 0 Å². The lowest BCUT2D eigenvalue weighted by Gasteiger charge is -2.20. The van der Waals surface area contributed by atoms with Gasteiger partial charge in [0.15, 0.2) is 0 Å². The summed E-state index contributed by atoms with van der Waals surface area (Å²) in [5.41, 5.74) is 4.46. The van der Waals surface area contributed by atoms with Crippen LogP contribution in [0, 0.1) is 6.92 Å². The van der Waals surface area contributed by atoms with Crippen molar-refractivity contribution in [2.75, 3.05) is 6.54 Å². The van der Waals surface area contributed by atoms with Gasteiger partial charge in [0.05, 0.1) is 39.6 Å². The molecule has 0 aliphatic carbocycles. The maximum Gasteiger partial charge on any atom is 0.249 e. The van der Waals surface area contributed by atoms with Crippen molar-refractivity contribution in [1.82, 2.24) is 25.1 Å². The Morgan fingerprint density at radius 2 is 1.66 bits per heavy atom. The van der Waals surface area contributed by atoms with Gasteiger partial charge < -0.3 is 4.42 Å². The highest BCUT2D eigenvalue weighted by Gasteiger charge is 2.16. The van der Waals surface area contributed by atoms with E-state index in [4.69, 9.17) is 26.0 Å². The van der Waals surface area contributed by atoms with Crippen LogP contribution in [0.2, 0.25) is 5.02 Å². The van der Waals surface area contributed by atoms with Gasteiger partial charge >= 0.3 is 0 Å². The van der Waals surface area contributed by atoms with Gasteiger partial charge in [-0.2, -0.15) is 0 Å². The zero-order valence-corrected chi connectivity index (χ0v) is 17.2. The van der Waals surface area contributed by atoms with Crippen LogP contribution in [0.1, 0.15) is 30.6 Å². The molecule has 0 saturated heterocycles. The highest BCUT2D eigenvalue weighted by Crippen LogP contribution is 2.26. The molecule has 29 heavy (non-hydrogen) atoms. The monoisotopic (exact) mass is 407 g/mol. The number of halogens is 1. The molecular formula is C22H22ClN5O. The lowest BCUT2D eigenvalue weighted by atomic mass is 10.2. The van der Waals surface area contributed by atoms with Crippen molar-refractivity contribution in [1.29, 1.82) is 0 Å². The fraction of sp³-hybridized carbons (Fsp3) is 0.273. The van der Waals surface area contributed by atoms with Gasteiger partial charge in [0.25, 0.3) is 0 Å². The maximum atomic E-state index is 6.24. The van der Waals surface area contributed by atoms with Crippen LogP contribution in [0.5, 0.6) is 0 Å². The van der Waals surface area contributed by atoms with Crippen molar-refractivity contribution < 1.29 is 4.42 Å². The van der Waals surface area contributed by atoms with Crippen molar-refractivity contribution >= 4 is 22.6 Å². The maximum absolute atomic E-state index is 6.24. The predicted octanol–water partition coefficient (Wildman–Crippen LogP) is 5.05. The quantitative estimate of drug-likeness (QED) is 0.426. The SMILES string of the molecule is CCCN(Cc1nnc(-c2ccccc2Cl)o1)Cc1nc2ccccc2nc1C. The fourth-order valence-electron chi connectivity index (χ4n) is 3.27. The van der Waals surface area contributed by atoms with E-state index >= 15 is 0 Å². The minimum absolute atomic E-state index is 0.434. The molecule has 4 rings (SSSR count). The zero-order chi connectivity index (χ0) is 20.2. The number of nitrogens with zero attached hydrogens (tertiary/aromatic N) is 5. The lowest BCUT2D eigenvalue weighted by molar-refractivity contribution is 0.229. The van der Waals surface area contributed by atoms with Crippen LogP contribution in [-0.4, -0.2) is 31.6 Å². The molecule has 0 bridgehead atoms. The number of benzene rings is 2. The Labute approximate surface area is 174 Å². The topological polar surface area (TPSA) is 67.9 Å². The van der Waals surface area contributed by atoms with E-state index in [2.05, 4.69) is 22.0 Å². The summed E-state index contributed by atoms with van der Waals surface area (Å²) in [4.78, 5) is 11.8. The van der Waals surface area contributed by atoms with Gasteiger partial charge in [0.2, 0.25) is 11.8 Å². The number of hydrogen-bond acceptors (Lipinski definition) is 6. The number of hydrogen-bond donors (Lipinski definition) is 0. The van der Waals surface area contributed by atoms with Gasteiger partial charge in [0, 0.05) is 6.54 Å². The second-order valence-corrected chi connectivity index (χ2v) is 7.34. The first-order chi connectivity index (χ1) is 14.1. The molecule has 7 heteroatoms. The number of aryl methyl sites for hydroxylation is 1. The average molecular weight is 408 g/mol. The molecular weight excluding hydrogens is 386 g/mol. The van der Waals surface area contributed by atoms with Gasteiger partial charge in [-0.25, -0.2) is 9.97 Å². The second-order valence-electron chi connectivity index (χ2n) is 6.94. The van der Waals surface area contributed by atoms with Crippen LogP contribution >= 0.6 is 11.6 Å². The van der Waals surface area contributed by atoms with Crippen molar-refractivity contribution in [2.24, 2.45) is 0 Å². The molecule has 2 aromatic carbocycles. The average Bonchev–Trinajstić information content (AvgIpc) is 3.17. The predicted molar refractivity (Wildman–Crippen MR) is 113 cm³/mol. The summed E-state index contributed by atoms with van der Waals surface area (Å²) in [5.74, 6) is 0.989. The Hall–Kier alpha value is -2.83. The minimum Gasteiger partial charge on any atom is -0.419 e. The number of para-hydroxylation sites is 2. The minimum atomic E-state index is 0.434. The Morgan fingerprint density at radius 1 is 0.931 bits per heavy atom. The molecule has 0 atom stereocenters. The number of rotatable bonds is 7. The summed E-state index contributed by atoms with van der Waals surface area (Å²) in [6, 6.07) is 15.4. The van der Waals surface area contributed by atoms with Crippen LogP contribution in [0.4, 0.5) is 0 Å². The second kappa shape index (κ2) is 8.68. The van der Waals surface area contributed by atoms with E-state index in [0.29, 0.717) is 29.9 Å². The van der Waals surface area contributed by atoms with Crippen LogP contribution in [0.25, 0.3) is 22.5 Å². The van der Waals surface area contributed by atoms with Crippen LogP contribution in [0.3, 0.4) is 0 Å². The van der Waals surface area contributed by atoms with Crippen molar-refractivity contribution in [3.8, 4) is 11.5 Å². The fourth-order valence-corrected chi connectivity index (χ4v) is 3.49. The standard InChI is InChI=1S/C22H22ClN5O/c1-3-12-28(13-20-15(2)24-18-10-6-7-11-19(18)25-20)14-21-26-27-22(29-21)16-8-4-5-9-17(16)23/h4-11H,3,12-14H2,1-2H3. The highest BCUT2D eigenvalue weighted by atomic mass is 35.5. The normalized spacial score (nSPS) is 11.4. The summed E-state index contributed by atoms with van der Waals surface area (Å²) < 4.78 is 5.88. The first kappa shape index (κ1) is 19.5. The molecule has 0 aliphatic rings. The molecule has 4 aromatic rings. The third-order valence-electron chi connectivity index (χ3n) is 4.69. The van der Waals surface area contributed by atoms with Crippen LogP contribution in [0.15, 0.2) is 52.9 Å². The summed E-state index contributed by atoms with van der Waals surface area (Å²) in [6.45, 7) is 6.24. The van der Waals surface area contributed by atoms with Crippen molar-refractivity contribution in [3.63, 3.8) is 0 Å². The first-order valence-corrected chi connectivity index (χ1v) is 10.0. The third kappa shape index (κ3) is 4.44. The smallest absolute Gasteiger partial charge is 0.249 e. The molecule has 0 fully saturated rings. The summed E-state index contributed by atoms with van der Waals surface area (Å²) in [5, 5.41) is 8.98. The number of fused-ring (bicyclic) bond motifs is 1. The molecule has 2 heterocycles. The summed E-state index contributed by atoms with van der Waals surface area (Å²) in [7, 11) is 0. The van der Waals surface area contributed by atoms with E-state index in [9.17, 15) is 0 Å².